The standard InChI is InChI=1S/C10H10FNOS/c11-7-1-3-8(4-2-7)14-10-6-5-9(13)12-10/h1-4,14H,5-6H2,(H,12,13). The molecule has 0 atom stereocenters. The molecule has 0 unspecified atom stereocenters. The van der Waals surface area contributed by atoms with Gasteiger partial charge in [0.2, 0.25) is 5.91 Å². The van der Waals surface area contributed by atoms with Gasteiger partial charge in [-0.05, 0) is 24.3 Å². The Morgan fingerprint density at radius 2 is 1.93 bits per heavy atom. The highest BCUT2D eigenvalue weighted by Gasteiger charge is 2.13. The van der Waals surface area contributed by atoms with E-state index < -0.39 is 0 Å². The molecule has 0 aromatic heterocycles. The number of thiol groups is 1. The molecule has 0 saturated carbocycles. The molecule has 1 amide bonds. The van der Waals surface area contributed by atoms with Crippen molar-refractivity contribution in [2.24, 2.45) is 0 Å². The van der Waals surface area contributed by atoms with Crippen LogP contribution in [0.15, 0.2) is 29.2 Å². The zero-order valence-corrected chi connectivity index (χ0v) is 8.35. The van der Waals surface area contributed by atoms with Crippen molar-refractivity contribution in [3.63, 3.8) is 0 Å². The molecule has 2 rings (SSSR count). The lowest BCUT2D eigenvalue weighted by molar-refractivity contribution is -0.118. The summed E-state index contributed by atoms with van der Waals surface area (Å²) in [5, 5.41) is 2.79. The van der Waals surface area contributed by atoms with Crippen molar-refractivity contribution in [2.75, 3.05) is 0 Å². The van der Waals surface area contributed by atoms with Crippen LogP contribution < -0.4 is 5.32 Å². The molecule has 2 nitrogen and oxygen atoms in total. The predicted octanol–water partition coefficient (Wildman–Crippen LogP) is 1.69. The van der Waals surface area contributed by atoms with E-state index in [9.17, 15) is 9.18 Å². The molecule has 0 aliphatic carbocycles. The minimum Gasteiger partial charge on any atom is -0.325 e. The van der Waals surface area contributed by atoms with Gasteiger partial charge in [0.1, 0.15) is 5.82 Å². The quantitative estimate of drug-likeness (QED) is 0.537. The van der Waals surface area contributed by atoms with Crippen molar-refractivity contribution < 1.29 is 9.18 Å². The van der Waals surface area contributed by atoms with Gasteiger partial charge in [0, 0.05) is 22.7 Å². The van der Waals surface area contributed by atoms with Gasteiger partial charge in [-0.3, -0.25) is 4.79 Å². The van der Waals surface area contributed by atoms with Crippen LogP contribution in [0.25, 0.3) is 0 Å². The summed E-state index contributed by atoms with van der Waals surface area (Å²) in [7, 11) is 0. The van der Waals surface area contributed by atoms with Crippen molar-refractivity contribution in [3.8, 4) is 0 Å². The maximum atomic E-state index is 12.6. The number of amides is 1. The summed E-state index contributed by atoms with van der Waals surface area (Å²) < 4.78 is 12.6. The monoisotopic (exact) mass is 211 g/mol. The molecule has 1 N–H and O–H groups in total. The van der Waals surface area contributed by atoms with Crippen LogP contribution in [0.5, 0.6) is 0 Å². The topological polar surface area (TPSA) is 29.1 Å². The molecular formula is C10H10FNOS. The second kappa shape index (κ2) is 3.92. The average Bonchev–Trinajstić information content (AvgIpc) is 2.56. The Morgan fingerprint density at radius 1 is 1.21 bits per heavy atom. The first-order valence-corrected chi connectivity index (χ1v) is 5.26. The van der Waals surface area contributed by atoms with E-state index in [-0.39, 0.29) is 11.7 Å². The van der Waals surface area contributed by atoms with Crippen LogP contribution in [0.2, 0.25) is 0 Å². The smallest absolute Gasteiger partial charge is 0.224 e. The summed E-state index contributed by atoms with van der Waals surface area (Å²) in [6.45, 7) is 0. The van der Waals surface area contributed by atoms with E-state index in [2.05, 4.69) is 5.32 Å². The largest absolute Gasteiger partial charge is 0.325 e. The number of carbonyl (C=O) groups is 1. The van der Waals surface area contributed by atoms with Crippen LogP contribution in [0, 0.1) is 5.82 Å². The molecule has 74 valence electrons. The van der Waals surface area contributed by atoms with Crippen molar-refractivity contribution in [1.82, 2.24) is 5.32 Å². The van der Waals surface area contributed by atoms with Crippen LogP contribution in [0.1, 0.15) is 12.8 Å². The summed E-state index contributed by atoms with van der Waals surface area (Å²) in [6, 6.07) is 6.32. The molecule has 0 bridgehead atoms. The minimum atomic E-state index is -0.232. The molecule has 1 aromatic rings. The van der Waals surface area contributed by atoms with Crippen LogP contribution in [-0.4, -0.2) is 10.9 Å². The van der Waals surface area contributed by atoms with E-state index in [4.69, 9.17) is 0 Å². The molecule has 0 radical (unpaired) electrons. The molecule has 0 spiro atoms. The van der Waals surface area contributed by atoms with Crippen LogP contribution in [0.3, 0.4) is 0 Å². The average molecular weight is 211 g/mol. The lowest BCUT2D eigenvalue weighted by Crippen LogP contribution is -2.18. The van der Waals surface area contributed by atoms with Crippen molar-refractivity contribution >= 4 is 22.2 Å². The Bertz CT molecular complexity index is 386. The second-order valence-electron chi connectivity index (χ2n) is 3.08. The van der Waals surface area contributed by atoms with Gasteiger partial charge in [0.15, 0.2) is 0 Å². The fourth-order valence-electron chi connectivity index (χ4n) is 1.27. The zero-order valence-electron chi connectivity index (χ0n) is 7.46. The Hall–Kier alpha value is -1.16. The van der Waals surface area contributed by atoms with E-state index in [1.807, 2.05) is 0 Å². The highest BCUT2D eigenvalue weighted by Crippen LogP contribution is 2.15. The minimum absolute atomic E-state index is 0.0783. The summed E-state index contributed by atoms with van der Waals surface area (Å²) in [4.78, 5) is 12.9. The Balaban J connectivity index is 2.17. The summed E-state index contributed by atoms with van der Waals surface area (Å²) in [5.41, 5.74) is 0. The molecule has 1 aliphatic rings. The fourth-order valence-corrected chi connectivity index (χ4v) is 2.29. The van der Waals surface area contributed by atoms with Crippen molar-refractivity contribution in [2.45, 2.75) is 17.7 Å². The Labute approximate surface area is 85.1 Å². The molecule has 1 saturated heterocycles. The predicted molar refractivity (Wildman–Crippen MR) is 56.0 cm³/mol. The highest BCUT2D eigenvalue weighted by atomic mass is 32.1. The zero-order chi connectivity index (χ0) is 9.97. The molecule has 1 fully saturated rings. The third-order valence-electron chi connectivity index (χ3n) is 1.96. The highest BCUT2D eigenvalue weighted by molar-refractivity contribution is 7.98. The van der Waals surface area contributed by atoms with Crippen molar-refractivity contribution in [3.05, 3.63) is 30.1 Å². The lowest BCUT2D eigenvalue weighted by atomic mass is 10.4. The number of halogens is 1. The Kier molecular flexibility index (Phi) is 2.63. The molecule has 14 heavy (non-hydrogen) atoms. The first-order valence-electron chi connectivity index (χ1n) is 4.37. The first kappa shape index (κ1) is 9.40. The summed E-state index contributed by atoms with van der Waals surface area (Å²) >= 11 is 0.970. The second-order valence-corrected chi connectivity index (χ2v) is 4.36. The van der Waals surface area contributed by atoms with E-state index in [1.165, 1.54) is 12.1 Å². The van der Waals surface area contributed by atoms with Crippen LogP contribution in [0.4, 0.5) is 4.39 Å². The van der Waals surface area contributed by atoms with E-state index in [1.54, 1.807) is 12.1 Å². The number of nitrogens with one attached hydrogen (secondary N) is 1. The van der Waals surface area contributed by atoms with E-state index in [0.717, 1.165) is 27.7 Å². The Morgan fingerprint density at radius 3 is 2.50 bits per heavy atom. The molecule has 1 aliphatic heterocycles. The number of rotatable bonds is 1. The van der Waals surface area contributed by atoms with Gasteiger partial charge < -0.3 is 5.32 Å². The number of hydrogen-bond donors (Lipinski definition) is 2. The molecule has 4 heteroatoms. The first-order chi connectivity index (χ1) is 6.74. The number of hydrogen-bond acceptors (Lipinski definition) is 1. The fraction of sp³-hybridized carbons (Fsp3) is 0.200. The van der Waals surface area contributed by atoms with E-state index >= 15 is 0 Å². The summed E-state index contributed by atoms with van der Waals surface area (Å²) in [5.74, 6) is -0.154. The van der Waals surface area contributed by atoms with Crippen molar-refractivity contribution in [1.29, 1.82) is 0 Å². The maximum absolute atomic E-state index is 12.6. The molecular weight excluding hydrogens is 201 g/mol. The van der Waals surface area contributed by atoms with Crippen LogP contribution >= 0.6 is 11.4 Å². The third kappa shape index (κ3) is 2.20. The number of carbonyl (C=O) groups excluding carboxylic acids is 1. The lowest BCUT2D eigenvalue weighted by Gasteiger charge is -1.98. The van der Waals surface area contributed by atoms with E-state index in [0.29, 0.717) is 6.42 Å². The number of benzene rings is 1. The maximum Gasteiger partial charge on any atom is 0.224 e. The SMILES string of the molecule is O=C1CCC(=[SH]c2ccc(F)cc2)N1. The van der Waals surface area contributed by atoms with Gasteiger partial charge in [0.05, 0.1) is 0 Å². The van der Waals surface area contributed by atoms with Gasteiger partial charge >= 0.3 is 0 Å². The van der Waals surface area contributed by atoms with Gasteiger partial charge in [-0.25, -0.2) is 4.39 Å². The van der Waals surface area contributed by atoms with Crippen LogP contribution in [-0.2, 0) is 4.79 Å². The third-order valence-corrected chi connectivity index (χ3v) is 3.12. The molecule has 1 aromatic carbocycles. The van der Waals surface area contributed by atoms with Gasteiger partial charge in [-0.1, -0.05) is 0 Å². The summed E-state index contributed by atoms with van der Waals surface area (Å²) in [6.07, 6.45) is 1.36. The van der Waals surface area contributed by atoms with Gasteiger partial charge in [0.25, 0.3) is 0 Å². The van der Waals surface area contributed by atoms with Gasteiger partial charge in [-0.15, -0.1) is 11.4 Å². The van der Waals surface area contributed by atoms with Gasteiger partial charge in [-0.2, -0.15) is 0 Å². The normalized spacial score (nSPS) is 19.2. The molecule has 1 heterocycles.